The molecule has 2 rings (SSSR count). The van der Waals surface area contributed by atoms with Gasteiger partial charge >= 0.3 is 5.63 Å². The van der Waals surface area contributed by atoms with E-state index in [0.29, 0.717) is 18.6 Å². The summed E-state index contributed by atoms with van der Waals surface area (Å²) < 4.78 is 5.14. The number of hydroxylamine groups is 1. The van der Waals surface area contributed by atoms with Crippen molar-refractivity contribution in [3.8, 4) is 18.1 Å². The van der Waals surface area contributed by atoms with Crippen molar-refractivity contribution in [3.63, 3.8) is 0 Å². The Kier molecular flexibility index (Phi) is 15.1. The van der Waals surface area contributed by atoms with Gasteiger partial charge < -0.3 is 19.8 Å². The zero-order chi connectivity index (χ0) is 22.5. The fourth-order valence-electron chi connectivity index (χ4n) is 2.52. The molecule has 0 bridgehead atoms. The number of allylic oxidation sites excluding steroid dienone is 1. The smallest absolute Gasteiger partial charge is 0.350 e. The molecule has 1 N–H and O–H groups in total. The Bertz CT molecular complexity index is 942. The maximum Gasteiger partial charge on any atom is 0.350 e. The molecule has 1 atom stereocenters. The van der Waals surface area contributed by atoms with Gasteiger partial charge in [0.1, 0.15) is 17.1 Å². The molecule has 1 unspecified atom stereocenters. The van der Waals surface area contributed by atoms with Crippen LogP contribution in [0.25, 0.3) is 5.48 Å². The van der Waals surface area contributed by atoms with E-state index in [-0.39, 0.29) is 56.4 Å². The van der Waals surface area contributed by atoms with Crippen molar-refractivity contribution in [3.05, 3.63) is 67.5 Å². The molecule has 0 aromatic carbocycles. The number of Topliss-reactive ketones (excluding diaryl/α,β-unsaturated/α-hetero) is 1. The fourth-order valence-corrected chi connectivity index (χ4v) is 3.36. The van der Waals surface area contributed by atoms with Crippen molar-refractivity contribution in [1.29, 1.82) is 0 Å². The number of carbonyl (C=O) groups excluding carboxylic acids is 1. The summed E-state index contributed by atoms with van der Waals surface area (Å²) in [4.78, 5) is 30.5. The third kappa shape index (κ3) is 10.4. The molecule has 2 aromatic rings. The molecule has 2 aromatic heterocycles. The third-order valence-electron chi connectivity index (χ3n) is 4.15. The van der Waals surface area contributed by atoms with Crippen LogP contribution < -0.4 is 5.63 Å². The van der Waals surface area contributed by atoms with Crippen molar-refractivity contribution in [2.24, 2.45) is 0 Å². The summed E-state index contributed by atoms with van der Waals surface area (Å²) in [5, 5.41) is 9.84. The number of thiophene rings is 1. The van der Waals surface area contributed by atoms with E-state index in [2.05, 4.69) is 35.3 Å². The first kappa shape index (κ1) is 29.3. The topological polar surface area (TPSA) is 90.8 Å². The normalized spacial score (nSPS) is 11.1. The van der Waals surface area contributed by atoms with Gasteiger partial charge in [-0.15, -0.1) is 29.8 Å². The molecule has 1 radical (unpaired) electrons. The second-order valence-electron chi connectivity index (χ2n) is 6.52. The minimum atomic E-state index is -0.784. The van der Waals surface area contributed by atoms with Crippen LogP contribution in [0.1, 0.15) is 64.9 Å². The summed E-state index contributed by atoms with van der Waals surface area (Å²) >= 11 is 1.77. The van der Waals surface area contributed by atoms with Crippen LogP contribution in [0.15, 0.2) is 39.7 Å². The average Bonchev–Trinajstić information content (AvgIpc) is 3.12. The van der Waals surface area contributed by atoms with Gasteiger partial charge in [-0.05, 0) is 31.9 Å². The molecule has 31 heavy (non-hydrogen) atoms. The summed E-state index contributed by atoms with van der Waals surface area (Å²) in [6.45, 7) is 5.58. The van der Waals surface area contributed by atoms with Gasteiger partial charge in [-0.2, -0.15) is 6.20 Å². The monoisotopic (exact) mass is 519 g/mol. The van der Waals surface area contributed by atoms with Crippen LogP contribution in [-0.2, 0) is 44.0 Å². The Labute approximate surface area is 212 Å². The Morgan fingerprint density at radius 1 is 1.45 bits per heavy atom. The van der Waals surface area contributed by atoms with Crippen molar-refractivity contribution < 1.29 is 51.9 Å². The van der Waals surface area contributed by atoms with Gasteiger partial charge in [-0.3, -0.25) is 4.79 Å². The fraction of sp³-hybridized carbons (Fsp3) is 0.391. The Morgan fingerprint density at radius 2 is 2.16 bits per heavy atom. The number of ketones is 1. The molecule has 0 aliphatic heterocycles. The van der Waals surface area contributed by atoms with Gasteiger partial charge in [0.25, 0.3) is 0 Å². The number of terminal acetylenes is 1. The first-order valence-corrected chi connectivity index (χ1v) is 10.4. The first-order chi connectivity index (χ1) is 14.3. The van der Waals surface area contributed by atoms with Crippen LogP contribution >= 0.6 is 11.3 Å². The molecule has 0 spiro atoms. The molecular weight excluding hydrogens is 491 g/mol. The Morgan fingerprint density at radius 3 is 2.68 bits per heavy atom. The van der Waals surface area contributed by atoms with E-state index in [1.807, 2.05) is 13.0 Å². The van der Waals surface area contributed by atoms with Crippen LogP contribution in [0.3, 0.4) is 0 Å². The molecule has 0 aliphatic carbocycles. The van der Waals surface area contributed by atoms with E-state index >= 15 is 0 Å². The van der Waals surface area contributed by atoms with E-state index in [0.717, 1.165) is 6.42 Å². The summed E-state index contributed by atoms with van der Waals surface area (Å²) in [6, 6.07) is 5.52. The number of carbonyl (C=O) groups is 1. The van der Waals surface area contributed by atoms with Gasteiger partial charge in [-0.1, -0.05) is 13.8 Å². The number of hydrogen-bond acceptors (Lipinski definition) is 6. The van der Waals surface area contributed by atoms with Gasteiger partial charge in [0, 0.05) is 74.4 Å². The molecule has 0 amide bonds. The zero-order valence-electron chi connectivity index (χ0n) is 18.4. The number of rotatable bonds is 9. The molecular formula is C23H28NO5SY-. The maximum absolute atomic E-state index is 11.8. The summed E-state index contributed by atoms with van der Waals surface area (Å²) in [6.07, 6.45) is 10.8. The van der Waals surface area contributed by atoms with E-state index in [1.165, 1.54) is 22.9 Å². The second kappa shape index (κ2) is 16.0. The van der Waals surface area contributed by atoms with Crippen molar-refractivity contribution in [2.75, 3.05) is 7.11 Å². The molecule has 0 saturated carbocycles. The average molecular weight is 519 g/mol. The predicted octanol–water partition coefficient (Wildman–Crippen LogP) is 5.50. The zero-order valence-corrected chi connectivity index (χ0v) is 22.0. The summed E-state index contributed by atoms with van der Waals surface area (Å²) in [7, 11) is 1.46. The van der Waals surface area contributed by atoms with Crippen LogP contribution in [0, 0.1) is 19.3 Å². The van der Waals surface area contributed by atoms with Gasteiger partial charge in [-0.25, -0.2) is 4.79 Å². The Balaban J connectivity index is 0.000000753. The minimum absolute atomic E-state index is 0. The van der Waals surface area contributed by atoms with E-state index in [9.17, 15) is 14.7 Å². The minimum Gasteiger partial charge on any atom is -0.569 e. The number of hydrogen-bond donors (Lipinski definition) is 1. The predicted molar refractivity (Wildman–Crippen MR) is 120 cm³/mol. The molecule has 6 nitrogen and oxygen atoms in total. The molecule has 0 saturated heterocycles. The quantitative estimate of drug-likeness (QED) is 0.268. The van der Waals surface area contributed by atoms with E-state index in [1.54, 1.807) is 24.5 Å². The SMILES string of the molecule is C#CCc1ccc(C)s1.CCC(=O)c1c(O)cc(C(C)CC/C=C\[N-]OC)oc1=O.[Y]. The summed E-state index contributed by atoms with van der Waals surface area (Å²) in [5.41, 5.74) is 2.52. The number of aryl methyl sites for hydroxylation is 1. The van der Waals surface area contributed by atoms with Gasteiger partial charge in [0.15, 0.2) is 5.78 Å². The van der Waals surface area contributed by atoms with E-state index in [4.69, 9.17) is 10.8 Å². The maximum atomic E-state index is 11.8. The van der Waals surface area contributed by atoms with Crippen LogP contribution in [0.5, 0.6) is 5.75 Å². The van der Waals surface area contributed by atoms with E-state index < -0.39 is 11.4 Å². The molecule has 0 fully saturated rings. The van der Waals surface area contributed by atoms with Crippen molar-refractivity contribution in [1.82, 2.24) is 0 Å². The largest absolute Gasteiger partial charge is 0.569 e. The second-order valence-corrected chi connectivity index (χ2v) is 7.89. The Hall–Kier alpha value is -1.72. The van der Waals surface area contributed by atoms with Crippen LogP contribution in [0.4, 0.5) is 0 Å². The van der Waals surface area contributed by atoms with Crippen LogP contribution in [-0.4, -0.2) is 18.0 Å². The summed E-state index contributed by atoms with van der Waals surface area (Å²) in [5.74, 6) is 2.16. The number of nitrogens with zero attached hydrogens (tertiary/aromatic N) is 1. The third-order valence-corrected chi connectivity index (χ3v) is 5.15. The van der Waals surface area contributed by atoms with Crippen LogP contribution in [0.2, 0.25) is 0 Å². The van der Waals surface area contributed by atoms with Gasteiger partial charge in [0.2, 0.25) is 0 Å². The first-order valence-electron chi connectivity index (χ1n) is 9.61. The molecule has 165 valence electrons. The molecule has 8 heteroatoms. The van der Waals surface area contributed by atoms with Crippen molar-refractivity contribution in [2.45, 2.75) is 52.4 Å². The van der Waals surface area contributed by atoms with Crippen molar-refractivity contribution >= 4 is 17.1 Å². The molecule has 0 aliphatic rings. The molecule has 2 heterocycles. The standard InChI is InChI=1S/C15H20NO5.C8H8S.Y/c1-4-11(17)14-12(18)9-13(21-15(14)19)10(2)7-5-6-8-16-20-3;1-3-4-8-6-5-7(2)9-8;/h6,8-10H,4-5,7H2,1-3H3,(H,17,18,19);1,5-6H,4H2,2H3;/q-1;;/b8-6-;;. The number of aromatic hydroxyl groups is 1. The van der Waals surface area contributed by atoms with Gasteiger partial charge in [0.05, 0.1) is 0 Å².